The maximum atomic E-state index is 12.6. The fourth-order valence-electron chi connectivity index (χ4n) is 2.76. The molecule has 0 aliphatic carbocycles. The van der Waals surface area contributed by atoms with E-state index in [1.807, 2.05) is 34.9 Å². The van der Waals surface area contributed by atoms with Crippen LogP contribution in [0.1, 0.15) is 36.5 Å². The van der Waals surface area contributed by atoms with E-state index in [4.69, 9.17) is 11.2 Å². The standard InChI is InChI=1S/C22H21BrN2O2S/c1-3-5-6-14-27-18-10-7-16(8-11-18)21(26)24-22-25(13-4-2)19-12-9-17(23)15-20(19)28-22/h2,7-12,15H,3,5-6,13-14H2,1H3. The van der Waals surface area contributed by atoms with E-state index in [0.717, 1.165) is 39.7 Å². The molecule has 0 aliphatic rings. The van der Waals surface area contributed by atoms with Crippen LogP contribution in [-0.2, 0) is 6.54 Å². The lowest BCUT2D eigenvalue weighted by atomic mass is 10.2. The molecule has 0 radical (unpaired) electrons. The molecular weight excluding hydrogens is 436 g/mol. The Bertz CT molecular complexity index is 1070. The molecule has 4 nitrogen and oxygen atoms in total. The Morgan fingerprint density at radius 2 is 2.04 bits per heavy atom. The summed E-state index contributed by atoms with van der Waals surface area (Å²) >= 11 is 4.92. The number of fused-ring (bicyclic) bond motifs is 1. The number of aromatic nitrogens is 1. The van der Waals surface area contributed by atoms with Gasteiger partial charge in [0.1, 0.15) is 5.75 Å². The van der Waals surface area contributed by atoms with E-state index in [1.165, 1.54) is 11.3 Å². The van der Waals surface area contributed by atoms with Crippen molar-refractivity contribution in [2.45, 2.75) is 32.7 Å². The number of rotatable bonds is 7. The number of nitrogens with zero attached hydrogens (tertiary/aromatic N) is 2. The molecule has 0 fully saturated rings. The number of halogens is 1. The number of terminal acetylenes is 1. The molecule has 0 aliphatic heterocycles. The zero-order valence-corrected chi connectivity index (χ0v) is 18.1. The third kappa shape index (κ3) is 4.92. The summed E-state index contributed by atoms with van der Waals surface area (Å²) in [6.45, 7) is 3.21. The van der Waals surface area contributed by atoms with Crippen molar-refractivity contribution in [2.24, 2.45) is 4.99 Å². The summed E-state index contributed by atoms with van der Waals surface area (Å²) in [4.78, 5) is 17.6. The van der Waals surface area contributed by atoms with Crippen molar-refractivity contribution in [1.29, 1.82) is 0 Å². The molecule has 2 aromatic carbocycles. The van der Waals surface area contributed by atoms with Crippen LogP contribution in [0.4, 0.5) is 0 Å². The number of unbranched alkanes of at least 4 members (excludes halogenated alkanes) is 2. The number of ether oxygens (including phenoxy) is 1. The van der Waals surface area contributed by atoms with Gasteiger partial charge in [-0.3, -0.25) is 4.79 Å². The second kappa shape index (κ2) is 9.72. The molecule has 1 aromatic heterocycles. The van der Waals surface area contributed by atoms with Crippen molar-refractivity contribution in [3.63, 3.8) is 0 Å². The minimum Gasteiger partial charge on any atom is -0.494 e. The summed E-state index contributed by atoms with van der Waals surface area (Å²) in [5.74, 6) is 3.10. The number of carbonyl (C=O) groups excluding carboxylic acids is 1. The van der Waals surface area contributed by atoms with Gasteiger partial charge < -0.3 is 9.30 Å². The van der Waals surface area contributed by atoms with E-state index in [0.29, 0.717) is 23.5 Å². The number of amides is 1. The van der Waals surface area contributed by atoms with Crippen LogP contribution in [0, 0.1) is 12.3 Å². The van der Waals surface area contributed by atoms with E-state index in [9.17, 15) is 4.79 Å². The first-order chi connectivity index (χ1) is 13.6. The van der Waals surface area contributed by atoms with Gasteiger partial charge in [0.2, 0.25) is 0 Å². The fraction of sp³-hybridized carbons (Fsp3) is 0.273. The first kappa shape index (κ1) is 20.4. The molecule has 6 heteroatoms. The van der Waals surface area contributed by atoms with Gasteiger partial charge in [-0.25, -0.2) is 0 Å². The first-order valence-corrected chi connectivity index (χ1v) is 10.8. The number of benzene rings is 2. The van der Waals surface area contributed by atoms with Crippen molar-refractivity contribution in [3.8, 4) is 18.1 Å². The lowest BCUT2D eigenvalue weighted by Crippen LogP contribution is -2.16. The van der Waals surface area contributed by atoms with Gasteiger partial charge in [-0.1, -0.05) is 53.0 Å². The van der Waals surface area contributed by atoms with Crippen molar-refractivity contribution in [2.75, 3.05) is 6.61 Å². The van der Waals surface area contributed by atoms with E-state index < -0.39 is 0 Å². The van der Waals surface area contributed by atoms with E-state index >= 15 is 0 Å². The van der Waals surface area contributed by atoms with Gasteiger partial charge in [0, 0.05) is 10.0 Å². The fourth-order valence-corrected chi connectivity index (χ4v) is 4.34. The van der Waals surface area contributed by atoms with Crippen LogP contribution < -0.4 is 9.54 Å². The van der Waals surface area contributed by atoms with Crippen LogP contribution >= 0.6 is 27.3 Å². The molecule has 3 aromatic rings. The molecule has 3 rings (SSSR count). The third-order valence-electron chi connectivity index (χ3n) is 4.21. The Labute approximate surface area is 177 Å². The smallest absolute Gasteiger partial charge is 0.279 e. The van der Waals surface area contributed by atoms with Gasteiger partial charge in [-0.05, 0) is 48.9 Å². The highest BCUT2D eigenvalue weighted by Crippen LogP contribution is 2.22. The zero-order valence-electron chi connectivity index (χ0n) is 15.7. The molecule has 0 bridgehead atoms. The molecule has 0 saturated heterocycles. The normalized spacial score (nSPS) is 11.5. The molecule has 1 heterocycles. The van der Waals surface area contributed by atoms with Crippen molar-refractivity contribution in [1.82, 2.24) is 4.57 Å². The molecule has 0 N–H and O–H groups in total. The van der Waals surface area contributed by atoms with Gasteiger partial charge in [-0.2, -0.15) is 4.99 Å². The SMILES string of the molecule is C#CCn1c(=NC(=O)c2ccc(OCCCCC)cc2)sc2cc(Br)ccc21. The highest BCUT2D eigenvalue weighted by atomic mass is 79.9. The Hall–Kier alpha value is -2.36. The molecule has 28 heavy (non-hydrogen) atoms. The Balaban J connectivity index is 1.84. The zero-order chi connectivity index (χ0) is 19.9. The van der Waals surface area contributed by atoms with Crippen LogP contribution in [0.3, 0.4) is 0 Å². The Kier molecular flexibility index (Phi) is 7.07. The summed E-state index contributed by atoms with van der Waals surface area (Å²) in [6.07, 6.45) is 8.85. The highest BCUT2D eigenvalue weighted by Gasteiger charge is 2.09. The topological polar surface area (TPSA) is 43.6 Å². The Morgan fingerprint density at radius 3 is 2.75 bits per heavy atom. The van der Waals surface area contributed by atoms with Crippen LogP contribution in [0.2, 0.25) is 0 Å². The summed E-state index contributed by atoms with van der Waals surface area (Å²) in [5.41, 5.74) is 1.49. The molecular formula is C22H21BrN2O2S. The molecule has 0 spiro atoms. The molecule has 0 saturated carbocycles. The van der Waals surface area contributed by atoms with Crippen LogP contribution in [0.5, 0.6) is 5.75 Å². The molecule has 144 valence electrons. The number of thiazole rings is 1. The van der Waals surface area contributed by atoms with Crippen molar-refractivity contribution >= 4 is 43.4 Å². The summed E-state index contributed by atoms with van der Waals surface area (Å²) in [7, 11) is 0. The molecule has 0 unspecified atom stereocenters. The van der Waals surface area contributed by atoms with Gasteiger partial charge in [-0.15, -0.1) is 6.42 Å². The first-order valence-electron chi connectivity index (χ1n) is 9.16. The maximum Gasteiger partial charge on any atom is 0.279 e. The second-order valence-electron chi connectivity index (χ2n) is 6.28. The summed E-state index contributed by atoms with van der Waals surface area (Å²) in [6, 6.07) is 13.0. The second-order valence-corrected chi connectivity index (χ2v) is 8.21. The predicted molar refractivity (Wildman–Crippen MR) is 118 cm³/mol. The third-order valence-corrected chi connectivity index (χ3v) is 5.74. The highest BCUT2D eigenvalue weighted by molar-refractivity contribution is 9.10. The van der Waals surface area contributed by atoms with Gasteiger partial charge >= 0.3 is 0 Å². The van der Waals surface area contributed by atoms with Crippen LogP contribution in [0.25, 0.3) is 10.2 Å². The average Bonchev–Trinajstić information content (AvgIpc) is 3.02. The number of carbonyl (C=O) groups is 1. The lowest BCUT2D eigenvalue weighted by molar-refractivity contribution is 0.0998. The molecule has 0 atom stereocenters. The van der Waals surface area contributed by atoms with E-state index in [-0.39, 0.29) is 5.91 Å². The van der Waals surface area contributed by atoms with E-state index in [2.05, 4.69) is 33.8 Å². The van der Waals surface area contributed by atoms with Gasteiger partial charge in [0.25, 0.3) is 5.91 Å². The van der Waals surface area contributed by atoms with Crippen LogP contribution in [0.15, 0.2) is 51.9 Å². The lowest BCUT2D eigenvalue weighted by Gasteiger charge is -2.05. The van der Waals surface area contributed by atoms with Gasteiger partial charge in [0.15, 0.2) is 4.80 Å². The summed E-state index contributed by atoms with van der Waals surface area (Å²) < 4.78 is 9.57. The van der Waals surface area contributed by atoms with E-state index in [1.54, 1.807) is 12.1 Å². The number of hydrogen-bond donors (Lipinski definition) is 0. The minimum atomic E-state index is -0.297. The largest absolute Gasteiger partial charge is 0.494 e. The van der Waals surface area contributed by atoms with Crippen molar-refractivity contribution in [3.05, 3.63) is 57.3 Å². The molecule has 1 amide bonds. The minimum absolute atomic E-state index is 0.297. The van der Waals surface area contributed by atoms with Crippen molar-refractivity contribution < 1.29 is 9.53 Å². The monoisotopic (exact) mass is 456 g/mol. The predicted octanol–water partition coefficient (Wildman–Crippen LogP) is 5.41. The maximum absolute atomic E-state index is 12.6. The number of hydrogen-bond acceptors (Lipinski definition) is 3. The Morgan fingerprint density at radius 1 is 1.25 bits per heavy atom. The summed E-state index contributed by atoms with van der Waals surface area (Å²) in [5, 5.41) is 0. The average molecular weight is 457 g/mol. The van der Waals surface area contributed by atoms with Gasteiger partial charge in [0.05, 0.1) is 23.4 Å². The quantitative estimate of drug-likeness (QED) is 0.352. The van der Waals surface area contributed by atoms with Crippen LogP contribution in [-0.4, -0.2) is 17.1 Å².